The van der Waals surface area contributed by atoms with Crippen molar-refractivity contribution in [3.8, 4) is 5.75 Å². The van der Waals surface area contributed by atoms with E-state index in [1.165, 1.54) is 0 Å². The Morgan fingerprint density at radius 1 is 0.769 bits per heavy atom. The first kappa shape index (κ1) is 16.0. The summed E-state index contributed by atoms with van der Waals surface area (Å²) in [5.74, 6) is 0.829. The van der Waals surface area contributed by atoms with Crippen molar-refractivity contribution in [1.29, 1.82) is 0 Å². The van der Waals surface area contributed by atoms with Crippen LogP contribution in [0.15, 0.2) is 85.1 Å². The SMILES string of the molecule is C(=C\c1ccccc1OCc1ccccn1)/c1ccc2ccccc2n1. The molecule has 4 rings (SSSR count). The summed E-state index contributed by atoms with van der Waals surface area (Å²) in [5, 5.41) is 1.14. The standard InChI is InChI=1S/C23H18N2O/c1-3-10-22-18(7-1)12-14-20(25-22)15-13-19-8-2-4-11-23(19)26-17-21-9-5-6-16-24-21/h1-16H,17H2/b15-13+. The lowest BCUT2D eigenvalue weighted by atomic mass is 10.1. The quantitative estimate of drug-likeness (QED) is 0.490. The van der Waals surface area contributed by atoms with Crippen molar-refractivity contribution >= 4 is 23.1 Å². The van der Waals surface area contributed by atoms with Crippen LogP contribution < -0.4 is 4.74 Å². The second-order valence-electron chi connectivity index (χ2n) is 5.91. The maximum atomic E-state index is 5.95. The average Bonchev–Trinajstić information content (AvgIpc) is 2.72. The van der Waals surface area contributed by atoms with Gasteiger partial charge in [0.05, 0.1) is 16.9 Å². The second kappa shape index (κ2) is 7.62. The highest BCUT2D eigenvalue weighted by Gasteiger charge is 2.02. The number of hydrogen-bond donors (Lipinski definition) is 0. The summed E-state index contributed by atoms with van der Waals surface area (Å²) in [7, 11) is 0. The van der Waals surface area contributed by atoms with Crippen LogP contribution in [0.3, 0.4) is 0 Å². The normalized spacial score (nSPS) is 11.1. The number of ether oxygens (including phenoxy) is 1. The number of rotatable bonds is 5. The molecule has 0 saturated heterocycles. The van der Waals surface area contributed by atoms with Gasteiger partial charge in [-0.25, -0.2) is 4.98 Å². The molecule has 0 spiro atoms. The van der Waals surface area contributed by atoms with Gasteiger partial charge >= 0.3 is 0 Å². The molecule has 26 heavy (non-hydrogen) atoms. The molecule has 0 aliphatic carbocycles. The molecule has 0 atom stereocenters. The summed E-state index contributed by atoms with van der Waals surface area (Å²) < 4.78 is 5.95. The third-order valence-corrected chi connectivity index (χ3v) is 4.07. The Morgan fingerprint density at radius 2 is 1.62 bits per heavy atom. The summed E-state index contributed by atoms with van der Waals surface area (Å²) >= 11 is 0. The number of nitrogens with zero attached hydrogens (tertiary/aromatic N) is 2. The first-order chi connectivity index (χ1) is 12.9. The zero-order valence-corrected chi connectivity index (χ0v) is 14.2. The van der Waals surface area contributed by atoms with Crippen molar-refractivity contribution in [2.24, 2.45) is 0 Å². The zero-order chi connectivity index (χ0) is 17.6. The van der Waals surface area contributed by atoms with Crippen molar-refractivity contribution in [3.05, 3.63) is 102 Å². The van der Waals surface area contributed by atoms with Crippen LogP contribution in [0.1, 0.15) is 17.0 Å². The van der Waals surface area contributed by atoms with Crippen LogP contribution >= 0.6 is 0 Å². The van der Waals surface area contributed by atoms with Gasteiger partial charge in [-0.2, -0.15) is 0 Å². The minimum absolute atomic E-state index is 0.444. The second-order valence-corrected chi connectivity index (χ2v) is 5.91. The van der Waals surface area contributed by atoms with Gasteiger partial charge in [0.2, 0.25) is 0 Å². The van der Waals surface area contributed by atoms with Gasteiger partial charge < -0.3 is 4.74 Å². The molecule has 0 aliphatic heterocycles. The Balaban J connectivity index is 1.54. The van der Waals surface area contributed by atoms with Gasteiger partial charge in [-0.3, -0.25) is 4.98 Å². The van der Waals surface area contributed by atoms with E-state index >= 15 is 0 Å². The van der Waals surface area contributed by atoms with Crippen LogP contribution in [0.5, 0.6) is 5.75 Å². The number of aromatic nitrogens is 2. The van der Waals surface area contributed by atoms with Crippen LogP contribution in [0.25, 0.3) is 23.1 Å². The topological polar surface area (TPSA) is 35.0 Å². The Bertz CT molecular complexity index is 1040. The molecule has 2 aromatic heterocycles. The van der Waals surface area contributed by atoms with E-state index in [0.29, 0.717) is 6.61 Å². The number of pyridine rings is 2. The molecule has 0 N–H and O–H groups in total. The van der Waals surface area contributed by atoms with Gasteiger partial charge in [0.15, 0.2) is 0 Å². The first-order valence-corrected chi connectivity index (χ1v) is 8.54. The predicted molar refractivity (Wildman–Crippen MR) is 106 cm³/mol. The maximum Gasteiger partial charge on any atom is 0.130 e. The fraction of sp³-hybridized carbons (Fsp3) is 0.0435. The Hall–Kier alpha value is -3.46. The molecule has 2 aromatic carbocycles. The fourth-order valence-electron chi connectivity index (χ4n) is 2.73. The maximum absolute atomic E-state index is 5.95. The minimum atomic E-state index is 0.444. The van der Waals surface area contributed by atoms with Gasteiger partial charge in [0.25, 0.3) is 0 Å². The molecule has 0 fully saturated rings. The van der Waals surface area contributed by atoms with E-state index in [1.54, 1.807) is 6.20 Å². The molecule has 0 bridgehead atoms. The molecule has 0 radical (unpaired) electrons. The van der Waals surface area contributed by atoms with E-state index in [9.17, 15) is 0 Å². The van der Waals surface area contributed by atoms with Crippen LogP contribution in [-0.2, 0) is 6.61 Å². The van der Waals surface area contributed by atoms with Crippen molar-refractivity contribution in [3.63, 3.8) is 0 Å². The van der Waals surface area contributed by atoms with Crippen molar-refractivity contribution < 1.29 is 4.74 Å². The third kappa shape index (κ3) is 3.78. The lowest BCUT2D eigenvalue weighted by Crippen LogP contribution is -1.98. The van der Waals surface area contributed by atoms with E-state index < -0.39 is 0 Å². The van der Waals surface area contributed by atoms with Crippen LogP contribution in [-0.4, -0.2) is 9.97 Å². The first-order valence-electron chi connectivity index (χ1n) is 8.54. The summed E-state index contributed by atoms with van der Waals surface area (Å²) in [6.07, 6.45) is 5.82. The number of hydrogen-bond acceptors (Lipinski definition) is 3. The summed E-state index contributed by atoms with van der Waals surface area (Å²) in [4.78, 5) is 8.97. The molecular weight excluding hydrogens is 320 g/mol. The van der Waals surface area contributed by atoms with E-state index in [1.807, 2.05) is 78.9 Å². The highest BCUT2D eigenvalue weighted by molar-refractivity contribution is 5.81. The predicted octanol–water partition coefficient (Wildman–Crippen LogP) is 5.38. The van der Waals surface area contributed by atoms with Crippen LogP contribution in [0.4, 0.5) is 0 Å². The Kier molecular flexibility index (Phi) is 4.70. The lowest BCUT2D eigenvalue weighted by Gasteiger charge is -2.08. The molecule has 2 heterocycles. The fourth-order valence-corrected chi connectivity index (χ4v) is 2.73. The summed E-state index contributed by atoms with van der Waals surface area (Å²) in [6.45, 7) is 0.444. The van der Waals surface area contributed by atoms with Crippen molar-refractivity contribution in [2.45, 2.75) is 6.61 Å². The van der Waals surface area contributed by atoms with Crippen LogP contribution in [0, 0.1) is 0 Å². The molecule has 0 aliphatic rings. The van der Waals surface area contributed by atoms with Crippen molar-refractivity contribution in [1.82, 2.24) is 9.97 Å². The molecule has 0 saturated carbocycles. The molecule has 3 heteroatoms. The monoisotopic (exact) mass is 338 g/mol. The van der Waals surface area contributed by atoms with E-state index in [0.717, 1.165) is 33.6 Å². The van der Waals surface area contributed by atoms with E-state index in [2.05, 4.69) is 22.1 Å². The van der Waals surface area contributed by atoms with E-state index in [4.69, 9.17) is 4.74 Å². The smallest absolute Gasteiger partial charge is 0.130 e. The summed E-state index contributed by atoms with van der Waals surface area (Å²) in [6, 6.07) is 26.0. The van der Waals surface area contributed by atoms with Gasteiger partial charge in [0.1, 0.15) is 12.4 Å². The number of para-hydroxylation sites is 2. The van der Waals surface area contributed by atoms with Gasteiger partial charge in [0, 0.05) is 17.1 Å². The molecule has 3 nitrogen and oxygen atoms in total. The van der Waals surface area contributed by atoms with Gasteiger partial charge in [-0.15, -0.1) is 0 Å². The largest absolute Gasteiger partial charge is 0.487 e. The lowest BCUT2D eigenvalue weighted by molar-refractivity contribution is 0.300. The highest BCUT2D eigenvalue weighted by atomic mass is 16.5. The Morgan fingerprint density at radius 3 is 2.54 bits per heavy atom. The van der Waals surface area contributed by atoms with E-state index in [-0.39, 0.29) is 0 Å². The van der Waals surface area contributed by atoms with Gasteiger partial charge in [-0.1, -0.05) is 48.5 Å². The molecular formula is C23H18N2O. The van der Waals surface area contributed by atoms with Crippen LogP contribution in [0.2, 0.25) is 0 Å². The van der Waals surface area contributed by atoms with Gasteiger partial charge in [-0.05, 0) is 42.5 Å². The minimum Gasteiger partial charge on any atom is -0.487 e. The number of benzene rings is 2. The van der Waals surface area contributed by atoms with Crippen molar-refractivity contribution in [2.75, 3.05) is 0 Å². The Labute approximate surface area is 152 Å². The highest BCUT2D eigenvalue weighted by Crippen LogP contribution is 2.22. The molecule has 4 aromatic rings. The average molecular weight is 338 g/mol. The number of fused-ring (bicyclic) bond motifs is 1. The molecule has 0 unspecified atom stereocenters. The third-order valence-electron chi connectivity index (χ3n) is 4.07. The molecule has 0 amide bonds. The zero-order valence-electron chi connectivity index (χ0n) is 14.2. The molecule has 126 valence electrons. The summed E-state index contributed by atoms with van der Waals surface area (Å²) in [5.41, 5.74) is 3.83.